The summed E-state index contributed by atoms with van der Waals surface area (Å²) in [4.78, 5) is 8.28. The van der Waals surface area contributed by atoms with Gasteiger partial charge in [-0.2, -0.15) is 0 Å². The molecule has 1 heterocycles. The minimum atomic E-state index is -0.642. The maximum absolute atomic E-state index is 5.43. The number of hydrogen-bond donors (Lipinski definition) is 1. The minimum Gasteiger partial charge on any atom is -0.353 e. The molecule has 0 amide bonds. The monoisotopic (exact) mass is 354 g/mol. The van der Waals surface area contributed by atoms with Gasteiger partial charge in [0.1, 0.15) is 0 Å². The molecule has 130 valence electrons. The minimum absolute atomic E-state index is 0.635. The molecule has 4 nitrogen and oxygen atoms in total. The molecule has 0 atom stereocenters. The fourth-order valence-electron chi connectivity index (χ4n) is 2.44. The van der Waals surface area contributed by atoms with Crippen LogP contribution in [0.15, 0.2) is 65.8 Å². The number of nitrogens with zero attached hydrogens (tertiary/aromatic N) is 1. The number of methoxy groups -OCH3 is 2. The molecule has 0 saturated carbocycles. The van der Waals surface area contributed by atoms with Gasteiger partial charge in [0.25, 0.3) is 0 Å². The van der Waals surface area contributed by atoms with Crippen molar-refractivity contribution < 1.29 is 9.47 Å². The maximum Gasteiger partial charge on any atom is 0.174 e. The first kappa shape index (κ1) is 17.7. The van der Waals surface area contributed by atoms with E-state index < -0.39 is 5.79 Å². The fraction of sp³-hybridized carbons (Fsp3) is 0.250. The number of aromatic amines is 1. The van der Waals surface area contributed by atoms with E-state index in [0.717, 1.165) is 27.7 Å². The van der Waals surface area contributed by atoms with Crippen molar-refractivity contribution in [1.82, 2.24) is 9.97 Å². The normalized spacial score (nSPS) is 11.6. The third kappa shape index (κ3) is 4.12. The summed E-state index contributed by atoms with van der Waals surface area (Å²) >= 11 is 1.58. The van der Waals surface area contributed by atoms with Crippen LogP contribution < -0.4 is 0 Å². The van der Waals surface area contributed by atoms with Crippen LogP contribution in [0, 0.1) is 0 Å². The van der Waals surface area contributed by atoms with Crippen LogP contribution in [-0.4, -0.2) is 35.7 Å². The molecular weight excluding hydrogens is 332 g/mol. The molecule has 1 aromatic heterocycles. The van der Waals surface area contributed by atoms with E-state index in [4.69, 9.17) is 14.5 Å². The average molecular weight is 354 g/mol. The highest BCUT2D eigenvalue weighted by molar-refractivity contribution is 7.99. The van der Waals surface area contributed by atoms with Crippen LogP contribution in [0.25, 0.3) is 22.5 Å². The van der Waals surface area contributed by atoms with E-state index in [9.17, 15) is 0 Å². The highest BCUT2D eigenvalue weighted by Gasteiger charge is 2.24. The Kier molecular flexibility index (Phi) is 5.58. The number of rotatable bonds is 7. The Hall–Kier alpha value is -2.08. The van der Waals surface area contributed by atoms with Gasteiger partial charge in [0.2, 0.25) is 0 Å². The number of ether oxygens (including phenoxy) is 2. The molecule has 0 saturated heterocycles. The quantitative estimate of drug-likeness (QED) is 0.487. The molecule has 5 heteroatoms. The highest BCUT2D eigenvalue weighted by Crippen LogP contribution is 2.33. The lowest BCUT2D eigenvalue weighted by Crippen LogP contribution is -2.32. The predicted octanol–water partition coefficient (Wildman–Crippen LogP) is 4.84. The lowest BCUT2D eigenvalue weighted by Gasteiger charge is -2.25. The zero-order valence-electron chi connectivity index (χ0n) is 14.7. The van der Waals surface area contributed by atoms with Gasteiger partial charge in [0.05, 0.1) is 17.1 Å². The Morgan fingerprint density at radius 3 is 2.04 bits per heavy atom. The van der Waals surface area contributed by atoms with Gasteiger partial charge in [0, 0.05) is 25.3 Å². The number of hydrogen-bond acceptors (Lipinski definition) is 4. The van der Waals surface area contributed by atoms with Crippen molar-refractivity contribution in [3.05, 3.63) is 60.7 Å². The molecule has 0 aliphatic carbocycles. The summed E-state index contributed by atoms with van der Waals surface area (Å²) < 4.78 is 10.9. The van der Waals surface area contributed by atoms with Gasteiger partial charge >= 0.3 is 0 Å². The molecule has 0 radical (unpaired) electrons. The van der Waals surface area contributed by atoms with Crippen LogP contribution in [-0.2, 0) is 9.47 Å². The van der Waals surface area contributed by atoms with Crippen LogP contribution in [0.5, 0.6) is 0 Å². The number of thioether (sulfide) groups is 1. The van der Waals surface area contributed by atoms with Crippen molar-refractivity contribution in [2.24, 2.45) is 0 Å². The van der Waals surface area contributed by atoms with Gasteiger partial charge < -0.3 is 14.5 Å². The third-order valence-electron chi connectivity index (χ3n) is 4.13. The van der Waals surface area contributed by atoms with Crippen LogP contribution in [0.3, 0.4) is 0 Å². The van der Waals surface area contributed by atoms with E-state index in [1.165, 1.54) is 0 Å². The molecule has 0 spiro atoms. The molecule has 1 N–H and O–H groups in total. The first-order chi connectivity index (χ1) is 12.1. The summed E-state index contributed by atoms with van der Waals surface area (Å²) in [5.41, 5.74) is 4.17. The van der Waals surface area contributed by atoms with E-state index in [-0.39, 0.29) is 0 Å². The molecule has 2 aromatic carbocycles. The second-order valence-electron chi connectivity index (χ2n) is 5.83. The van der Waals surface area contributed by atoms with Crippen LogP contribution in [0.1, 0.15) is 6.92 Å². The molecule has 0 aliphatic heterocycles. The molecule has 0 fully saturated rings. The van der Waals surface area contributed by atoms with Crippen molar-refractivity contribution in [3.63, 3.8) is 0 Å². The predicted molar refractivity (Wildman–Crippen MR) is 103 cm³/mol. The molecule has 0 aliphatic rings. The topological polar surface area (TPSA) is 47.1 Å². The second kappa shape index (κ2) is 7.87. The number of benzene rings is 2. The van der Waals surface area contributed by atoms with Gasteiger partial charge in [-0.25, -0.2) is 4.98 Å². The Balaban J connectivity index is 1.95. The molecular formula is C20H22N2O2S. The summed E-state index contributed by atoms with van der Waals surface area (Å²) in [7, 11) is 3.30. The Labute approximate surface area is 152 Å². The van der Waals surface area contributed by atoms with Gasteiger partial charge in [0.15, 0.2) is 10.9 Å². The zero-order valence-corrected chi connectivity index (χ0v) is 15.5. The number of aromatic nitrogens is 2. The second-order valence-corrected chi connectivity index (χ2v) is 6.79. The first-order valence-electron chi connectivity index (χ1n) is 8.09. The van der Waals surface area contributed by atoms with Gasteiger partial charge in [-0.3, -0.25) is 0 Å². The van der Waals surface area contributed by atoms with Crippen molar-refractivity contribution in [2.45, 2.75) is 17.9 Å². The average Bonchev–Trinajstić information content (AvgIpc) is 3.12. The fourth-order valence-corrected chi connectivity index (χ4v) is 3.40. The van der Waals surface area contributed by atoms with E-state index >= 15 is 0 Å². The number of H-pyrrole nitrogens is 1. The Morgan fingerprint density at radius 1 is 0.920 bits per heavy atom. The van der Waals surface area contributed by atoms with Crippen molar-refractivity contribution in [3.8, 4) is 22.5 Å². The molecule has 0 unspecified atom stereocenters. The van der Waals surface area contributed by atoms with E-state index in [2.05, 4.69) is 29.2 Å². The van der Waals surface area contributed by atoms with E-state index in [1.807, 2.05) is 43.3 Å². The van der Waals surface area contributed by atoms with Crippen LogP contribution in [0.4, 0.5) is 0 Å². The van der Waals surface area contributed by atoms with Crippen LogP contribution in [0.2, 0.25) is 0 Å². The summed E-state index contributed by atoms with van der Waals surface area (Å²) in [5, 5.41) is 0.845. The standard InChI is InChI=1S/C20H22N2O2S/c1-20(23-2,24-3)14-25-19-21-17(15-10-6-4-7-11-15)18(22-19)16-12-8-5-9-13-16/h4-13H,14H2,1-3H3,(H,21,22). The summed E-state index contributed by atoms with van der Waals surface area (Å²) in [6.07, 6.45) is 0. The Bertz CT molecular complexity index is 742. The number of imidazole rings is 1. The summed E-state index contributed by atoms with van der Waals surface area (Å²) in [6.45, 7) is 1.92. The highest BCUT2D eigenvalue weighted by atomic mass is 32.2. The van der Waals surface area contributed by atoms with Crippen molar-refractivity contribution >= 4 is 11.8 Å². The van der Waals surface area contributed by atoms with Crippen LogP contribution >= 0.6 is 11.8 Å². The SMILES string of the molecule is COC(C)(CSc1nc(-c2ccccc2)c(-c2ccccc2)[nH]1)OC. The largest absolute Gasteiger partial charge is 0.353 e. The van der Waals surface area contributed by atoms with Gasteiger partial charge in [-0.05, 0) is 6.92 Å². The summed E-state index contributed by atoms with van der Waals surface area (Å²) in [5.74, 6) is -0.00670. The lowest BCUT2D eigenvalue weighted by molar-refractivity contribution is -0.175. The van der Waals surface area contributed by atoms with Crippen molar-refractivity contribution in [2.75, 3.05) is 20.0 Å². The van der Waals surface area contributed by atoms with E-state index in [1.54, 1.807) is 26.0 Å². The Morgan fingerprint density at radius 2 is 1.48 bits per heavy atom. The zero-order chi connectivity index (χ0) is 17.7. The summed E-state index contributed by atoms with van der Waals surface area (Å²) in [6, 6.07) is 20.5. The van der Waals surface area contributed by atoms with Gasteiger partial charge in [-0.15, -0.1) is 0 Å². The lowest BCUT2D eigenvalue weighted by atomic mass is 10.1. The molecule has 3 aromatic rings. The third-order valence-corrected chi connectivity index (χ3v) is 5.26. The maximum atomic E-state index is 5.43. The molecule has 25 heavy (non-hydrogen) atoms. The number of nitrogens with one attached hydrogen (secondary N) is 1. The molecule has 0 bridgehead atoms. The smallest absolute Gasteiger partial charge is 0.174 e. The van der Waals surface area contributed by atoms with E-state index in [0.29, 0.717) is 5.75 Å². The molecule has 3 rings (SSSR count). The first-order valence-corrected chi connectivity index (χ1v) is 9.08. The van der Waals surface area contributed by atoms with Gasteiger partial charge in [-0.1, -0.05) is 72.4 Å². The van der Waals surface area contributed by atoms with Crippen molar-refractivity contribution in [1.29, 1.82) is 0 Å².